The highest BCUT2D eigenvalue weighted by atomic mass is 35.5. The van der Waals surface area contributed by atoms with Gasteiger partial charge in [-0.3, -0.25) is 9.80 Å². The topological polar surface area (TPSA) is 18.5 Å². The van der Waals surface area contributed by atoms with Gasteiger partial charge in [-0.2, -0.15) is 0 Å². The third-order valence-electron chi connectivity index (χ3n) is 4.45. The van der Waals surface area contributed by atoms with Crippen LogP contribution in [0.3, 0.4) is 0 Å². The van der Waals surface area contributed by atoms with Crippen LogP contribution in [0, 0.1) is 0 Å². The van der Waals surface area contributed by atoms with E-state index in [2.05, 4.69) is 21.2 Å². The van der Waals surface area contributed by atoms with Crippen molar-refractivity contribution in [2.75, 3.05) is 39.3 Å². The van der Waals surface area contributed by atoms with Crippen molar-refractivity contribution in [1.29, 1.82) is 0 Å². The molecule has 1 N–H and O–H groups in total. The Balaban J connectivity index is 1.34. The monoisotopic (exact) mass is 313 g/mol. The van der Waals surface area contributed by atoms with E-state index in [4.69, 9.17) is 11.6 Å². The molecule has 5 heteroatoms. The summed E-state index contributed by atoms with van der Waals surface area (Å²) >= 11 is 7.61. The molecule has 2 aliphatic heterocycles. The summed E-state index contributed by atoms with van der Waals surface area (Å²) in [6.45, 7) is 8.29. The summed E-state index contributed by atoms with van der Waals surface area (Å²) in [4.78, 5) is 6.65. The van der Waals surface area contributed by atoms with Crippen molar-refractivity contribution >= 4 is 22.9 Å². The quantitative estimate of drug-likeness (QED) is 0.843. The highest BCUT2D eigenvalue weighted by molar-refractivity contribution is 7.16. The number of hydrogen-bond donors (Lipinski definition) is 1. The van der Waals surface area contributed by atoms with Crippen LogP contribution in [0.5, 0.6) is 0 Å². The molecule has 0 bridgehead atoms. The second-order valence-corrected chi connectivity index (χ2v) is 7.67. The van der Waals surface area contributed by atoms with Gasteiger partial charge >= 0.3 is 0 Å². The number of thiophene rings is 1. The predicted molar refractivity (Wildman–Crippen MR) is 86.7 cm³/mol. The van der Waals surface area contributed by atoms with Crippen LogP contribution in [-0.4, -0.2) is 55.1 Å². The molecule has 3 heterocycles. The zero-order valence-corrected chi connectivity index (χ0v) is 13.6. The summed E-state index contributed by atoms with van der Waals surface area (Å²) < 4.78 is 0.884. The molecule has 2 saturated heterocycles. The van der Waals surface area contributed by atoms with Crippen LogP contribution in [0.25, 0.3) is 0 Å². The molecule has 1 aromatic heterocycles. The Morgan fingerprint density at radius 1 is 1.25 bits per heavy atom. The number of piperidine rings is 1. The van der Waals surface area contributed by atoms with Gasteiger partial charge in [0.25, 0.3) is 0 Å². The first-order chi connectivity index (χ1) is 9.81. The molecule has 1 aromatic rings. The van der Waals surface area contributed by atoms with E-state index in [-0.39, 0.29) is 0 Å². The van der Waals surface area contributed by atoms with Crippen molar-refractivity contribution in [1.82, 2.24) is 15.1 Å². The highest BCUT2D eigenvalue weighted by Gasteiger charge is 2.28. The lowest BCUT2D eigenvalue weighted by Crippen LogP contribution is -2.55. The molecule has 1 atom stereocenters. The highest BCUT2D eigenvalue weighted by Crippen LogP contribution is 2.21. The number of halogens is 1. The fourth-order valence-corrected chi connectivity index (χ4v) is 4.38. The molecule has 0 spiro atoms. The third-order valence-corrected chi connectivity index (χ3v) is 5.69. The molecule has 2 fully saturated rings. The smallest absolute Gasteiger partial charge is 0.0931 e. The van der Waals surface area contributed by atoms with Crippen molar-refractivity contribution in [2.45, 2.75) is 31.8 Å². The number of hydrogen-bond acceptors (Lipinski definition) is 4. The lowest BCUT2D eigenvalue weighted by atomic mass is 9.99. The Hall–Kier alpha value is -0.130. The summed E-state index contributed by atoms with van der Waals surface area (Å²) in [7, 11) is 0. The maximum Gasteiger partial charge on any atom is 0.0931 e. The Kier molecular flexibility index (Phi) is 5.35. The Morgan fingerprint density at radius 3 is 3.05 bits per heavy atom. The van der Waals surface area contributed by atoms with E-state index in [0.717, 1.165) is 23.5 Å². The van der Waals surface area contributed by atoms with Crippen LogP contribution < -0.4 is 5.32 Å². The van der Waals surface area contributed by atoms with Gasteiger partial charge < -0.3 is 5.32 Å². The normalized spacial score (nSPS) is 24.8. The van der Waals surface area contributed by atoms with E-state index < -0.39 is 0 Å². The molecule has 0 amide bonds. The molecule has 112 valence electrons. The number of piperazine rings is 1. The largest absolute Gasteiger partial charge is 0.311 e. The minimum Gasteiger partial charge on any atom is -0.311 e. The second-order valence-electron chi connectivity index (χ2n) is 5.87. The summed E-state index contributed by atoms with van der Waals surface area (Å²) in [5, 5.41) is 3.53. The van der Waals surface area contributed by atoms with Crippen molar-refractivity contribution < 1.29 is 0 Å². The van der Waals surface area contributed by atoms with Crippen LogP contribution in [0.4, 0.5) is 0 Å². The maximum atomic E-state index is 5.94. The van der Waals surface area contributed by atoms with Gasteiger partial charge in [0.2, 0.25) is 0 Å². The van der Waals surface area contributed by atoms with Crippen LogP contribution in [-0.2, 0) is 6.54 Å². The van der Waals surface area contributed by atoms with E-state index >= 15 is 0 Å². The molecule has 0 aliphatic carbocycles. The van der Waals surface area contributed by atoms with E-state index in [9.17, 15) is 0 Å². The van der Waals surface area contributed by atoms with Crippen LogP contribution >= 0.6 is 22.9 Å². The molecular weight excluding hydrogens is 290 g/mol. The molecule has 20 heavy (non-hydrogen) atoms. The second kappa shape index (κ2) is 7.23. The zero-order valence-electron chi connectivity index (χ0n) is 12.0. The van der Waals surface area contributed by atoms with Crippen molar-refractivity contribution in [3.8, 4) is 0 Å². The van der Waals surface area contributed by atoms with Crippen molar-refractivity contribution in [2.24, 2.45) is 0 Å². The molecular formula is C15H24ClN3S. The van der Waals surface area contributed by atoms with Gasteiger partial charge in [-0.05, 0) is 31.5 Å². The first-order valence-electron chi connectivity index (χ1n) is 7.72. The average Bonchev–Trinajstić information content (AvgIpc) is 2.89. The summed E-state index contributed by atoms with van der Waals surface area (Å²) in [6.07, 6.45) is 4.23. The fraction of sp³-hybridized carbons (Fsp3) is 0.733. The molecule has 0 aromatic carbocycles. The van der Waals surface area contributed by atoms with Gasteiger partial charge in [0.05, 0.1) is 4.34 Å². The Morgan fingerprint density at radius 2 is 2.20 bits per heavy atom. The zero-order chi connectivity index (χ0) is 13.8. The summed E-state index contributed by atoms with van der Waals surface area (Å²) in [5.41, 5.74) is 0. The van der Waals surface area contributed by atoms with Crippen molar-refractivity contribution in [3.05, 3.63) is 21.3 Å². The van der Waals surface area contributed by atoms with Crippen LogP contribution in [0.15, 0.2) is 12.1 Å². The predicted octanol–water partition coefficient (Wildman–Crippen LogP) is 2.66. The van der Waals surface area contributed by atoms with Crippen LogP contribution in [0.2, 0.25) is 4.34 Å². The fourth-order valence-electron chi connectivity index (χ4n) is 3.32. The molecule has 0 saturated carbocycles. The summed E-state index contributed by atoms with van der Waals surface area (Å²) in [5.74, 6) is 0. The van der Waals surface area contributed by atoms with Gasteiger partial charge in [-0.1, -0.05) is 18.0 Å². The first-order valence-corrected chi connectivity index (χ1v) is 8.92. The minimum atomic E-state index is 0.827. The van der Waals surface area contributed by atoms with E-state index in [0.29, 0.717) is 0 Å². The standard InChI is InChI=1S/C15H24ClN3S/c16-15-5-4-14(20-15)11-17-6-8-18-9-10-19-7-2-1-3-13(19)12-18/h4-5,13,17H,1-3,6-12H2. The minimum absolute atomic E-state index is 0.827. The maximum absolute atomic E-state index is 5.94. The first kappa shape index (κ1) is 14.8. The van der Waals surface area contributed by atoms with Crippen LogP contribution in [0.1, 0.15) is 24.1 Å². The van der Waals surface area contributed by atoms with Gasteiger partial charge in [-0.15, -0.1) is 11.3 Å². The lowest BCUT2D eigenvalue weighted by molar-refractivity contribution is 0.0500. The van der Waals surface area contributed by atoms with E-state index in [1.807, 2.05) is 6.07 Å². The Labute approximate surface area is 130 Å². The number of fused-ring (bicyclic) bond motifs is 1. The molecule has 3 rings (SSSR count). The van der Waals surface area contributed by atoms with Crippen molar-refractivity contribution in [3.63, 3.8) is 0 Å². The molecule has 3 nitrogen and oxygen atoms in total. The number of rotatable bonds is 5. The molecule has 2 aliphatic rings. The third kappa shape index (κ3) is 3.95. The SMILES string of the molecule is Clc1ccc(CNCCN2CCN3CCCCC3C2)s1. The molecule has 1 unspecified atom stereocenters. The van der Waals surface area contributed by atoms with Gasteiger partial charge in [0.1, 0.15) is 0 Å². The number of nitrogens with zero attached hydrogens (tertiary/aromatic N) is 2. The van der Waals surface area contributed by atoms with E-state index in [1.54, 1.807) is 11.3 Å². The number of nitrogens with one attached hydrogen (secondary N) is 1. The Bertz CT molecular complexity index is 423. The van der Waals surface area contributed by atoms with E-state index in [1.165, 1.54) is 56.9 Å². The van der Waals surface area contributed by atoms with Gasteiger partial charge in [0, 0.05) is 50.2 Å². The average molecular weight is 314 g/mol. The van der Waals surface area contributed by atoms with Gasteiger partial charge in [-0.25, -0.2) is 0 Å². The van der Waals surface area contributed by atoms with Gasteiger partial charge in [0.15, 0.2) is 0 Å². The molecule has 0 radical (unpaired) electrons. The summed E-state index contributed by atoms with van der Waals surface area (Å²) in [6, 6.07) is 4.92. The lowest BCUT2D eigenvalue weighted by Gasteiger charge is -2.44.